The number of amides is 3. The Morgan fingerprint density at radius 1 is 0.780 bits per heavy atom. The number of rotatable bonds is 20. The summed E-state index contributed by atoms with van der Waals surface area (Å²) in [4.78, 5) is 40.1. The number of nitrogens with one attached hydrogen (secondary N) is 4. The second kappa shape index (κ2) is 20.2. The van der Waals surface area contributed by atoms with Gasteiger partial charge in [0.2, 0.25) is 27.7 Å². The number of carbonyl (C=O) groups is 3. The lowest BCUT2D eigenvalue weighted by Gasteiger charge is -2.29. The fraction of sp³-hybridized carbons (Fsp3) is 0.432. The Labute approximate surface area is 300 Å². The maximum atomic E-state index is 13.7. The minimum absolute atomic E-state index is 0.0293. The van der Waals surface area contributed by atoms with Crippen LogP contribution in [0.15, 0.2) is 89.8 Å². The van der Waals surface area contributed by atoms with Crippen LogP contribution in [0.2, 0.25) is 0 Å². The summed E-state index contributed by atoms with van der Waals surface area (Å²) in [5, 5.41) is 29.4. The van der Waals surface area contributed by atoms with Crippen molar-refractivity contribution in [3.8, 4) is 0 Å². The van der Waals surface area contributed by atoms with E-state index in [4.69, 9.17) is 0 Å². The molecule has 13 heteroatoms. The van der Waals surface area contributed by atoms with Gasteiger partial charge in [-0.1, -0.05) is 93.6 Å². The molecule has 0 fully saturated rings. The fourth-order valence-corrected chi connectivity index (χ4v) is 7.00. The Balaban J connectivity index is 1.73. The van der Waals surface area contributed by atoms with Crippen molar-refractivity contribution >= 4 is 39.5 Å². The van der Waals surface area contributed by atoms with Gasteiger partial charge >= 0.3 is 0 Å². The molecule has 5 atom stereocenters. The first kappa shape index (κ1) is 40.7. The fourth-order valence-electron chi connectivity index (χ4n) is 5.30. The molecular formula is C37H50N4O7S2. The molecule has 0 heterocycles. The second-order valence-electron chi connectivity index (χ2n) is 12.7. The van der Waals surface area contributed by atoms with Gasteiger partial charge in [-0.05, 0) is 66.0 Å². The Bertz CT molecular complexity index is 1610. The molecule has 0 bridgehead atoms. The van der Waals surface area contributed by atoms with Crippen LogP contribution in [0.25, 0.3) is 0 Å². The van der Waals surface area contributed by atoms with Crippen molar-refractivity contribution in [2.45, 2.75) is 82.3 Å². The molecule has 0 saturated carbocycles. The van der Waals surface area contributed by atoms with Gasteiger partial charge in [0.05, 0.1) is 23.6 Å². The van der Waals surface area contributed by atoms with Crippen molar-refractivity contribution < 1.29 is 33.0 Å². The summed E-state index contributed by atoms with van der Waals surface area (Å²) in [6.07, 6.45) is 1.05. The van der Waals surface area contributed by atoms with E-state index in [1.54, 1.807) is 6.92 Å². The third-order valence-electron chi connectivity index (χ3n) is 8.33. The smallest absolute Gasteiger partial charge is 0.243 e. The van der Waals surface area contributed by atoms with E-state index in [0.29, 0.717) is 17.9 Å². The molecule has 3 rings (SSSR count). The van der Waals surface area contributed by atoms with Crippen LogP contribution in [0, 0.1) is 11.8 Å². The third-order valence-corrected chi connectivity index (χ3v) is 10.5. The number of benzene rings is 3. The van der Waals surface area contributed by atoms with E-state index in [1.165, 1.54) is 36.0 Å². The first-order valence-electron chi connectivity index (χ1n) is 16.7. The lowest BCUT2D eigenvalue weighted by Crippen LogP contribution is -2.54. The quantitative estimate of drug-likeness (QED) is 0.103. The standard InChI is InChI=1S/C37H50N4O7S2/c1-25(2)34(37(46)38-23-28-13-9-6-10-14-28)40-35(44)26(3)21-33(43)32(22-27-11-7-5-8-12-27)39-36(45)31(19-20-49-4)41-50(47,48)30-17-15-29(24-42)16-18-30/h5-18,25-26,31-34,41-43H,19-24H2,1-4H3,(H,38,46)(H,39,45)(H,40,44)/t26-,31+,32+,33+,34+/m1/s1. The highest BCUT2D eigenvalue weighted by Crippen LogP contribution is 2.17. The van der Waals surface area contributed by atoms with Gasteiger partial charge in [-0.25, -0.2) is 8.42 Å². The summed E-state index contributed by atoms with van der Waals surface area (Å²) < 4.78 is 29.0. The molecule has 11 nitrogen and oxygen atoms in total. The average molecular weight is 727 g/mol. The molecule has 50 heavy (non-hydrogen) atoms. The van der Waals surface area contributed by atoms with Gasteiger partial charge in [0.25, 0.3) is 0 Å². The van der Waals surface area contributed by atoms with Gasteiger partial charge in [0, 0.05) is 12.5 Å². The maximum Gasteiger partial charge on any atom is 0.243 e. The van der Waals surface area contributed by atoms with Gasteiger partial charge in [-0.15, -0.1) is 0 Å². The Morgan fingerprint density at radius 3 is 1.94 bits per heavy atom. The minimum atomic E-state index is -4.10. The zero-order valence-electron chi connectivity index (χ0n) is 29.0. The summed E-state index contributed by atoms with van der Waals surface area (Å²) in [7, 11) is -4.10. The van der Waals surface area contributed by atoms with Gasteiger partial charge < -0.3 is 26.2 Å². The summed E-state index contributed by atoms with van der Waals surface area (Å²) in [6.45, 7) is 5.41. The van der Waals surface area contributed by atoms with Crippen molar-refractivity contribution in [2.75, 3.05) is 12.0 Å². The molecule has 3 aromatic carbocycles. The molecule has 0 aliphatic heterocycles. The van der Waals surface area contributed by atoms with Crippen LogP contribution in [-0.4, -0.2) is 72.6 Å². The van der Waals surface area contributed by atoms with E-state index < -0.39 is 52.0 Å². The Hall–Kier alpha value is -3.75. The van der Waals surface area contributed by atoms with Crippen LogP contribution in [-0.2, 0) is 44.0 Å². The predicted molar refractivity (Wildman–Crippen MR) is 196 cm³/mol. The molecule has 0 aliphatic rings. The predicted octanol–water partition coefficient (Wildman–Crippen LogP) is 3.15. The highest BCUT2D eigenvalue weighted by molar-refractivity contribution is 7.98. The molecule has 0 spiro atoms. The van der Waals surface area contributed by atoms with Crippen molar-refractivity contribution in [3.05, 3.63) is 102 Å². The van der Waals surface area contributed by atoms with Gasteiger partial charge in [0.1, 0.15) is 12.1 Å². The molecule has 0 unspecified atom stereocenters. The van der Waals surface area contributed by atoms with Crippen LogP contribution < -0.4 is 20.7 Å². The van der Waals surface area contributed by atoms with E-state index in [9.17, 15) is 33.0 Å². The van der Waals surface area contributed by atoms with E-state index in [0.717, 1.165) is 11.1 Å². The Morgan fingerprint density at radius 2 is 1.38 bits per heavy atom. The average Bonchev–Trinajstić information content (AvgIpc) is 3.11. The summed E-state index contributed by atoms with van der Waals surface area (Å²) in [6, 6.07) is 21.6. The van der Waals surface area contributed by atoms with Crippen molar-refractivity contribution in [1.29, 1.82) is 0 Å². The van der Waals surface area contributed by atoms with Gasteiger partial charge in [0.15, 0.2) is 0 Å². The monoisotopic (exact) mass is 726 g/mol. The highest BCUT2D eigenvalue weighted by Gasteiger charge is 2.32. The molecule has 3 aromatic rings. The zero-order valence-corrected chi connectivity index (χ0v) is 30.7. The van der Waals surface area contributed by atoms with Crippen LogP contribution in [0.4, 0.5) is 0 Å². The van der Waals surface area contributed by atoms with Crippen molar-refractivity contribution in [1.82, 2.24) is 20.7 Å². The Kier molecular flexibility index (Phi) is 16.4. The molecule has 3 amide bonds. The maximum absolute atomic E-state index is 13.7. The second-order valence-corrected chi connectivity index (χ2v) is 15.4. The number of aliphatic hydroxyl groups is 2. The topological polar surface area (TPSA) is 174 Å². The number of thioether (sulfide) groups is 1. The molecule has 0 saturated heterocycles. The largest absolute Gasteiger partial charge is 0.392 e. The van der Waals surface area contributed by atoms with Crippen LogP contribution in [0.3, 0.4) is 0 Å². The van der Waals surface area contributed by atoms with E-state index >= 15 is 0 Å². The number of hydrogen-bond donors (Lipinski definition) is 6. The van der Waals surface area contributed by atoms with E-state index in [1.807, 2.05) is 80.8 Å². The van der Waals surface area contributed by atoms with Crippen LogP contribution in [0.1, 0.15) is 50.3 Å². The first-order chi connectivity index (χ1) is 23.8. The molecule has 272 valence electrons. The van der Waals surface area contributed by atoms with Gasteiger partial charge in [-0.3, -0.25) is 14.4 Å². The highest BCUT2D eigenvalue weighted by atomic mass is 32.2. The SMILES string of the molecule is CSCC[C@H](NS(=O)(=O)c1ccc(CO)cc1)C(=O)N[C@@H](Cc1ccccc1)[C@@H](O)C[C@@H](C)C(=O)N[C@H](C(=O)NCc1ccccc1)C(C)C. The molecule has 6 N–H and O–H groups in total. The number of hydrogen-bond acceptors (Lipinski definition) is 8. The normalized spacial score (nSPS) is 14.6. The summed E-state index contributed by atoms with van der Waals surface area (Å²) >= 11 is 1.46. The summed E-state index contributed by atoms with van der Waals surface area (Å²) in [5.41, 5.74) is 2.30. The molecule has 0 radical (unpaired) electrons. The first-order valence-corrected chi connectivity index (χ1v) is 19.6. The lowest BCUT2D eigenvalue weighted by molar-refractivity contribution is -0.132. The van der Waals surface area contributed by atoms with Crippen LogP contribution in [0.5, 0.6) is 0 Å². The number of carbonyl (C=O) groups excluding carboxylic acids is 3. The molecule has 0 aliphatic carbocycles. The van der Waals surface area contributed by atoms with E-state index in [-0.39, 0.29) is 42.6 Å². The minimum Gasteiger partial charge on any atom is -0.392 e. The lowest BCUT2D eigenvalue weighted by atomic mass is 9.92. The van der Waals surface area contributed by atoms with Crippen LogP contribution >= 0.6 is 11.8 Å². The van der Waals surface area contributed by atoms with Crippen molar-refractivity contribution in [2.24, 2.45) is 11.8 Å². The number of sulfonamides is 1. The number of aliphatic hydroxyl groups excluding tert-OH is 2. The van der Waals surface area contributed by atoms with E-state index in [2.05, 4.69) is 20.7 Å². The molecule has 0 aromatic heterocycles. The zero-order chi connectivity index (χ0) is 36.7. The summed E-state index contributed by atoms with van der Waals surface area (Å²) in [5.74, 6) is -1.78. The van der Waals surface area contributed by atoms with Gasteiger partial charge in [-0.2, -0.15) is 16.5 Å². The third kappa shape index (κ3) is 12.9. The molecular weight excluding hydrogens is 677 g/mol. The van der Waals surface area contributed by atoms with Crippen molar-refractivity contribution in [3.63, 3.8) is 0 Å².